The Hall–Kier alpha value is -4.15. The second kappa shape index (κ2) is 8.32. The van der Waals surface area contributed by atoms with Crippen molar-refractivity contribution in [1.82, 2.24) is 14.9 Å². The molecule has 34 heavy (non-hydrogen) atoms. The summed E-state index contributed by atoms with van der Waals surface area (Å²) in [6.45, 7) is 1.77. The Morgan fingerprint density at radius 1 is 1.03 bits per heavy atom. The molecule has 0 bridgehead atoms. The Morgan fingerprint density at radius 2 is 1.68 bits per heavy atom. The second-order valence-corrected chi connectivity index (χ2v) is 7.89. The van der Waals surface area contributed by atoms with Gasteiger partial charge in [0, 0.05) is 6.42 Å². The van der Waals surface area contributed by atoms with Crippen LogP contribution in [0.25, 0.3) is 5.69 Å². The largest absolute Gasteiger partial charge is 0.425 e. The first-order valence-electron chi connectivity index (χ1n) is 10.2. The number of aromatic amines is 1. The lowest BCUT2D eigenvalue weighted by molar-refractivity contribution is -0.200. The van der Waals surface area contributed by atoms with E-state index < -0.39 is 46.2 Å². The van der Waals surface area contributed by atoms with Gasteiger partial charge in [0.25, 0.3) is 11.5 Å². The normalized spacial score (nSPS) is 17.2. The average molecular weight is 472 g/mol. The molecule has 0 saturated carbocycles. The van der Waals surface area contributed by atoms with E-state index in [4.69, 9.17) is 0 Å². The number of aryl methyl sites for hydroxylation is 2. The van der Waals surface area contributed by atoms with E-state index in [9.17, 15) is 32.3 Å². The minimum Gasteiger partial charge on any atom is -0.330 e. The third-order valence-corrected chi connectivity index (χ3v) is 5.59. The number of hydrogen-bond acceptors (Lipinski definition) is 4. The number of alkyl halides is 3. The quantitative estimate of drug-likeness (QED) is 0.529. The summed E-state index contributed by atoms with van der Waals surface area (Å²) in [5, 5.41) is 3.75. The van der Waals surface area contributed by atoms with Gasteiger partial charge in [0.15, 0.2) is 0 Å². The molecule has 3 N–H and O–H groups in total. The van der Waals surface area contributed by atoms with Crippen LogP contribution in [0.2, 0.25) is 0 Å². The minimum absolute atomic E-state index is 0.119. The Morgan fingerprint density at radius 3 is 2.29 bits per heavy atom. The summed E-state index contributed by atoms with van der Waals surface area (Å²) in [4.78, 5) is 52.4. The smallest absolute Gasteiger partial charge is 0.330 e. The van der Waals surface area contributed by atoms with Crippen molar-refractivity contribution < 1.29 is 22.8 Å². The first-order chi connectivity index (χ1) is 16.0. The van der Waals surface area contributed by atoms with Crippen LogP contribution >= 0.6 is 0 Å². The molecular weight excluding hydrogens is 453 g/mol. The van der Waals surface area contributed by atoms with E-state index in [0.717, 1.165) is 10.1 Å². The number of anilines is 1. The molecule has 2 aromatic carbocycles. The van der Waals surface area contributed by atoms with Crippen LogP contribution in [0, 0.1) is 6.92 Å². The van der Waals surface area contributed by atoms with Crippen molar-refractivity contribution in [2.45, 2.75) is 31.5 Å². The molecule has 1 aromatic heterocycles. The van der Waals surface area contributed by atoms with E-state index in [0.29, 0.717) is 5.56 Å². The van der Waals surface area contributed by atoms with Gasteiger partial charge >= 0.3 is 11.9 Å². The van der Waals surface area contributed by atoms with Crippen LogP contribution in [0.4, 0.5) is 19.0 Å². The van der Waals surface area contributed by atoms with Crippen molar-refractivity contribution in [1.29, 1.82) is 0 Å². The lowest BCUT2D eigenvalue weighted by Crippen LogP contribution is -2.62. The SMILES string of the molecule is Cc1ccc(-n2c3c(c(=O)[nH]c2=O)[C@@](NC(=O)CCc2ccccc2)(C(F)(F)F)C(=O)N3)cc1. The van der Waals surface area contributed by atoms with E-state index in [2.05, 4.69) is 0 Å². The molecule has 4 rings (SSSR count). The molecule has 0 saturated heterocycles. The number of H-pyrrole nitrogens is 1. The highest BCUT2D eigenvalue weighted by Crippen LogP contribution is 2.45. The van der Waals surface area contributed by atoms with Gasteiger partial charge in [-0.25, -0.2) is 9.36 Å². The van der Waals surface area contributed by atoms with Gasteiger partial charge in [0.2, 0.25) is 11.4 Å². The van der Waals surface area contributed by atoms with Crippen LogP contribution in [0.1, 0.15) is 23.1 Å². The van der Waals surface area contributed by atoms with Crippen molar-refractivity contribution >= 4 is 17.6 Å². The van der Waals surface area contributed by atoms with Crippen molar-refractivity contribution in [3.8, 4) is 5.69 Å². The molecule has 1 aliphatic heterocycles. The maximum atomic E-state index is 14.4. The molecule has 8 nitrogen and oxygen atoms in total. The van der Waals surface area contributed by atoms with E-state index in [1.807, 2.05) is 10.3 Å². The minimum atomic E-state index is -5.38. The summed E-state index contributed by atoms with van der Waals surface area (Å²) < 4.78 is 44.0. The summed E-state index contributed by atoms with van der Waals surface area (Å²) in [5.74, 6) is -3.42. The number of rotatable bonds is 5. The molecule has 0 radical (unpaired) electrons. The Labute approximate surface area is 190 Å². The molecule has 3 aromatic rings. The fourth-order valence-corrected chi connectivity index (χ4v) is 3.89. The van der Waals surface area contributed by atoms with Crippen LogP contribution in [-0.4, -0.2) is 27.5 Å². The van der Waals surface area contributed by atoms with Gasteiger partial charge in [0.1, 0.15) is 11.4 Å². The standard InChI is InChI=1S/C23H19F3N4O4/c1-13-7-10-15(11-8-13)30-18-17(19(32)28-21(30)34)22(20(33)27-18,23(24,25)26)29-16(31)12-9-14-5-3-2-4-6-14/h2-8,10-11H,9,12H2,1H3,(H,27,33)(H,29,31)(H,28,32,34)/t22-/m0/s1. The van der Waals surface area contributed by atoms with Crippen LogP contribution in [0.3, 0.4) is 0 Å². The van der Waals surface area contributed by atoms with Crippen LogP contribution in [-0.2, 0) is 21.5 Å². The molecule has 0 spiro atoms. The van der Waals surface area contributed by atoms with Crippen LogP contribution < -0.4 is 21.9 Å². The number of amides is 2. The zero-order valence-electron chi connectivity index (χ0n) is 17.8. The van der Waals surface area contributed by atoms with Crippen molar-refractivity contribution in [2.24, 2.45) is 0 Å². The molecule has 176 valence electrons. The molecule has 2 heterocycles. The highest BCUT2D eigenvalue weighted by molar-refractivity contribution is 6.07. The predicted molar refractivity (Wildman–Crippen MR) is 117 cm³/mol. The predicted octanol–water partition coefficient (Wildman–Crippen LogP) is 2.29. The Kier molecular flexibility index (Phi) is 5.64. The molecule has 0 fully saturated rings. The number of benzene rings is 2. The number of nitrogens with zero attached hydrogens (tertiary/aromatic N) is 1. The first kappa shape index (κ1) is 23.0. The van der Waals surface area contributed by atoms with Gasteiger partial charge in [-0.2, -0.15) is 13.2 Å². The van der Waals surface area contributed by atoms with E-state index in [-0.39, 0.29) is 18.5 Å². The zero-order valence-corrected chi connectivity index (χ0v) is 17.8. The van der Waals surface area contributed by atoms with Crippen molar-refractivity contribution in [2.75, 3.05) is 5.32 Å². The van der Waals surface area contributed by atoms with Gasteiger partial charge in [-0.3, -0.25) is 19.4 Å². The summed E-state index contributed by atoms with van der Waals surface area (Å²) >= 11 is 0. The van der Waals surface area contributed by atoms with Gasteiger partial charge in [-0.05, 0) is 31.0 Å². The van der Waals surface area contributed by atoms with Gasteiger partial charge in [0.05, 0.1) is 5.69 Å². The monoisotopic (exact) mass is 472 g/mol. The van der Waals surface area contributed by atoms with Gasteiger partial charge in [-0.1, -0.05) is 48.0 Å². The van der Waals surface area contributed by atoms with E-state index in [1.165, 1.54) is 12.1 Å². The molecule has 0 unspecified atom stereocenters. The maximum Gasteiger partial charge on any atom is 0.425 e. The van der Waals surface area contributed by atoms with Crippen LogP contribution in [0.5, 0.6) is 0 Å². The second-order valence-electron chi connectivity index (χ2n) is 7.89. The van der Waals surface area contributed by atoms with Crippen molar-refractivity contribution in [3.05, 3.63) is 92.1 Å². The fourth-order valence-electron chi connectivity index (χ4n) is 3.89. The number of halogens is 3. The number of hydrogen-bond donors (Lipinski definition) is 3. The van der Waals surface area contributed by atoms with Gasteiger partial charge in [-0.15, -0.1) is 0 Å². The summed E-state index contributed by atoms with van der Waals surface area (Å²) in [5.41, 5.74) is -5.58. The van der Waals surface area contributed by atoms with E-state index in [1.54, 1.807) is 54.7 Å². The van der Waals surface area contributed by atoms with Crippen molar-refractivity contribution in [3.63, 3.8) is 0 Å². The molecule has 2 amide bonds. The maximum absolute atomic E-state index is 14.4. The highest BCUT2D eigenvalue weighted by Gasteiger charge is 2.68. The average Bonchev–Trinajstić information content (AvgIpc) is 3.07. The molecule has 1 aliphatic rings. The molecule has 1 atom stereocenters. The number of nitrogens with one attached hydrogen (secondary N) is 3. The summed E-state index contributed by atoms with van der Waals surface area (Å²) in [6.07, 6.45) is -5.62. The third kappa shape index (κ3) is 3.78. The Balaban J connectivity index is 1.82. The fraction of sp³-hybridized carbons (Fsp3) is 0.217. The number of carbonyl (C=O) groups excluding carboxylic acids is 2. The molecular formula is C23H19F3N4O4. The number of fused-ring (bicyclic) bond motifs is 1. The zero-order chi connectivity index (χ0) is 24.7. The first-order valence-corrected chi connectivity index (χ1v) is 10.2. The topological polar surface area (TPSA) is 113 Å². The highest BCUT2D eigenvalue weighted by atomic mass is 19.4. The Bertz CT molecular complexity index is 1380. The third-order valence-electron chi connectivity index (χ3n) is 5.59. The number of aromatic nitrogens is 2. The lowest BCUT2D eigenvalue weighted by atomic mass is 9.91. The molecule has 0 aliphatic carbocycles. The molecule has 11 heteroatoms. The van der Waals surface area contributed by atoms with E-state index >= 15 is 0 Å². The lowest BCUT2D eigenvalue weighted by Gasteiger charge is -2.30. The number of carbonyl (C=O) groups is 2. The summed E-state index contributed by atoms with van der Waals surface area (Å²) in [6, 6.07) is 14.7. The van der Waals surface area contributed by atoms with Crippen LogP contribution in [0.15, 0.2) is 64.2 Å². The van der Waals surface area contributed by atoms with Gasteiger partial charge < -0.3 is 10.6 Å². The summed E-state index contributed by atoms with van der Waals surface area (Å²) in [7, 11) is 0.